The zero-order chi connectivity index (χ0) is 12.5. The second-order valence-corrected chi connectivity index (χ2v) is 4.45. The molecule has 0 bridgehead atoms. The predicted octanol–water partition coefficient (Wildman–Crippen LogP) is 4.32. The molecule has 0 aliphatic carbocycles. The fourth-order valence-corrected chi connectivity index (χ4v) is 2.14. The van der Waals surface area contributed by atoms with Crippen LogP contribution in [-0.2, 0) is 0 Å². The lowest BCUT2D eigenvalue weighted by Crippen LogP contribution is -2.09. The summed E-state index contributed by atoms with van der Waals surface area (Å²) in [6.45, 7) is 8.54. The van der Waals surface area contributed by atoms with E-state index in [2.05, 4.69) is 43.5 Å². The number of hydrogen-bond donors (Lipinski definition) is 0. The highest BCUT2D eigenvalue weighted by molar-refractivity contribution is 5.83. The van der Waals surface area contributed by atoms with Crippen molar-refractivity contribution in [1.29, 1.82) is 0 Å². The van der Waals surface area contributed by atoms with Crippen molar-refractivity contribution in [3.05, 3.63) is 72.8 Å². The van der Waals surface area contributed by atoms with Crippen molar-refractivity contribution in [2.24, 2.45) is 0 Å². The van der Waals surface area contributed by atoms with Crippen LogP contribution in [0.25, 0.3) is 16.7 Å². The minimum absolute atomic E-state index is 0.532. The SMILES string of the molecule is C=C1COc2cc(-c3ccccc3)ccc2C1=C. The molecule has 1 heterocycles. The molecule has 0 fully saturated rings. The van der Waals surface area contributed by atoms with E-state index < -0.39 is 0 Å². The van der Waals surface area contributed by atoms with E-state index in [1.54, 1.807) is 0 Å². The maximum absolute atomic E-state index is 5.71. The molecule has 0 spiro atoms. The van der Waals surface area contributed by atoms with Crippen LogP contribution in [0.5, 0.6) is 5.75 Å². The highest BCUT2D eigenvalue weighted by Gasteiger charge is 2.17. The second kappa shape index (κ2) is 4.19. The van der Waals surface area contributed by atoms with Gasteiger partial charge in [0.05, 0.1) is 0 Å². The maximum atomic E-state index is 5.71. The van der Waals surface area contributed by atoms with Crippen LogP contribution < -0.4 is 4.74 Å². The van der Waals surface area contributed by atoms with Crippen molar-refractivity contribution in [3.8, 4) is 16.9 Å². The fraction of sp³-hybridized carbons (Fsp3) is 0.0588. The molecular weight excluding hydrogens is 220 g/mol. The van der Waals surface area contributed by atoms with E-state index in [4.69, 9.17) is 4.74 Å². The first-order valence-electron chi connectivity index (χ1n) is 5.95. The van der Waals surface area contributed by atoms with Gasteiger partial charge in [-0.1, -0.05) is 55.6 Å². The van der Waals surface area contributed by atoms with E-state index in [1.807, 2.05) is 18.2 Å². The molecule has 1 nitrogen and oxygen atoms in total. The Hall–Kier alpha value is -2.28. The van der Waals surface area contributed by atoms with Gasteiger partial charge >= 0.3 is 0 Å². The Morgan fingerprint density at radius 1 is 0.889 bits per heavy atom. The third kappa shape index (κ3) is 1.74. The van der Waals surface area contributed by atoms with Crippen LogP contribution in [0.4, 0.5) is 0 Å². The lowest BCUT2D eigenvalue weighted by molar-refractivity contribution is 0.349. The predicted molar refractivity (Wildman–Crippen MR) is 75.5 cm³/mol. The van der Waals surface area contributed by atoms with Crippen molar-refractivity contribution in [2.45, 2.75) is 0 Å². The van der Waals surface area contributed by atoms with Gasteiger partial charge in [-0.05, 0) is 28.3 Å². The Morgan fingerprint density at radius 2 is 1.67 bits per heavy atom. The van der Waals surface area contributed by atoms with Gasteiger partial charge in [-0.15, -0.1) is 0 Å². The summed E-state index contributed by atoms with van der Waals surface area (Å²) in [6.07, 6.45) is 0. The number of benzene rings is 2. The average molecular weight is 234 g/mol. The summed E-state index contributed by atoms with van der Waals surface area (Å²) in [5, 5.41) is 0. The number of hydrogen-bond acceptors (Lipinski definition) is 1. The minimum Gasteiger partial charge on any atom is -0.488 e. The lowest BCUT2D eigenvalue weighted by Gasteiger charge is -2.22. The molecule has 0 N–H and O–H groups in total. The van der Waals surface area contributed by atoms with E-state index in [0.717, 1.165) is 28.0 Å². The second-order valence-electron chi connectivity index (χ2n) is 4.45. The van der Waals surface area contributed by atoms with Crippen molar-refractivity contribution >= 4 is 5.57 Å². The molecule has 88 valence electrons. The molecule has 2 aromatic carbocycles. The molecule has 0 radical (unpaired) electrons. The molecule has 0 unspecified atom stereocenters. The Balaban J connectivity index is 2.08. The number of fused-ring (bicyclic) bond motifs is 1. The summed E-state index contributed by atoms with van der Waals surface area (Å²) in [7, 11) is 0. The third-order valence-corrected chi connectivity index (χ3v) is 3.24. The molecule has 1 heteroatoms. The highest BCUT2D eigenvalue weighted by atomic mass is 16.5. The molecule has 0 saturated carbocycles. The molecule has 0 aromatic heterocycles. The Bertz CT molecular complexity index is 623. The number of ether oxygens (including phenoxy) is 1. The first-order chi connectivity index (χ1) is 8.75. The standard InChI is InChI=1S/C17H14O/c1-12-11-18-17-10-15(8-9-16(17)13(12)2)14-6-4-3-5-7-14/h3-10H,1-2,11H2. The largest absolute Gasteiger partial charge is 0.488 e. The quantitative estimate of drug-likeness (QED) is 0.714. The van der Waals surface area contributed by atoms with Gasteiger partial charge in [0.2, 0.25) is 0 Å². The molecule has 0 amide bonds. The Labute approximate surface area is 107 Å². The first-order valence-corrected chi connectivity index (χ1v) is 5.95. The van der Waals surface area contributed by atoms with Crippen molar-refractivity contribution < 1.29 is 4.74 Å². The van der Waals surface area contributed by atoms with Gasteiger partial charge in [-0.3, -0.25) is 0 Å². The molecule has 2 aromatic rings. The highest BCUT2D eigenvalue weighted by Crippen LogP contribution is 2.36. The molecular formula is C17H14O. The minimum atomic E-state index is 0.532. The van der Waals surface area contributed by atoms with Gasteiger partial charge in [0, 0.05) is 5.56 Å². The van der Waals surface area contributed by atoms with Crippen molar-refractivity contribution in [3.63, 3.8) is 0 Å². The van der Waals surface area contributed by atoms with Crippen LogP contribution >= 0.6 is 0 Å². The summed E-state index contributed by atoms with van der Waals surface area (Å²) < 4.78 is 5.71. The summed E-state index contributed by atoms with van der Waals surface area (Å²) in [4.78, 5) is 0. The maximum Gasteiger partial charge on any atom is 0.128 e. The Morgan fingerprint density at radius 3 is 2.44 bits per heavy atom. The van der Waals surface area contributed by atoms with Gasteiger partial charge in [-0.2, -0.15) is 0 Å². The van der Waals surface area contributed by atoms with E-state index in [9.17, 15) is 0 Å². The van der Waals surface area contributed by atoms with Crippen LogP contribution in [-0.4, -0.2) is 6.61 Å². The zero-order valence-electron chi connectivity index (χ0n) is 10.1. The van der Waals surface area contributed by atoms with E-state index in [1.165, 1.54) is 5.56 Å². The van der Waals surface area contributed by atoms with Crippen molar-refractivity contribution in [2.75, 3.05) is 6.61 Å². The molecule has 18 heavy (non-hydrogen) atoms. The first kappa shape index (κ1) is 10.8. The smallest absolute Gasteiger partial charge is 0.128 e. The molecule has 3 rings (SSSR count). The lowest BCUT2D eigenvalue weighted by atomic mass is 9.95. The van der Waals surface area contributed by atoms with Crippen LogP contribution in [0.1, 0.15) is 5.56 Å². The van der Waals surface area contributed by atoms with Crippen LogP contribution in [0.2, 0.25) is 0 Å². The van der Waals surface area contributed by atoms with Gasteiger partial charge < -0.3 is 4.74 Å². The van der Waals surface area contributed by atoms with Gasteiger partial charge in [0.25, 0.3) is 0 Å². The van der Waals surface area contributed by atoms with Gasteiger partial charge in [0.15, 0.2) is 0 Å². The van der Waals surface area contributed by atoms with Crippen molar-refractivity contribution in [1.82, 2.24) is 0 Å². The van der Waals surface area contributed by atoms with Crippen LogP contribution in [0.3, 0.4) is 0 Å². The molecule has 0 atom stereocenters. The van der Waals surface area contributed by atoms with Gasteiger partial charge in [-0.25, -0.2) is 0 Å². The molecule has 1 aliphatic heterocycles. The van der Waals surface area contributed by atoms with Crippen LogP contribution in [0, 0.1) is 0 Å². The summed E-state index contributed by atoms with van der Waals surface area (Å²) in [5.41, 5.74) is 5.34. The molecule has 1 aliphatic rings. The molecule has 0 saturated heterocycles. The monoisotopic (exact) mass is 234 g/mol. The third-order valence-electron chi connectivity index (χ3n) is 3.24. The average Bonchev–Trinajstić information content (AvgIpc) is 2.44. The van der Waals surface area contributed by atoms with E-state index in [0.29, 0.717) is 6.61 Å². The topological polar surface area (TPSA) is 9.23 Å². The summed E-state index contributed by atoms with van der Waals surface area (Å²) in [5.74, 6) is 0.897. The summed E-state index contributed by atoms with van der Waals surface area (Å²) in [6, 6.07) is 16.5. The van der Waals surface area contributed by atoms with E-state index in [-0.39, 0.29) is 0 Å². The summed E-state index contributed by atoms with van der Waals surface area (Å²) >= 11 is 0. The van der Waals surface area contributed by atoms with E-state index >= 15 is 0 Å². The normalized spacial score (nSPS) is 14.0. The fourth-order valence-electron chi connectivity index (χ4n) is 2.14. The van der Waals surface area contributed by atoms with Crippen LogP contribution in [0.15, 0.2) is 67.3 Å². The zero-order valence-corrected chi connectivity index (χ0v) is 10.1. The van der Waals surface area contributed by atoms with Gasteiger partial charge in [0.1, 0.15) is 12.4 Å². The Kier molecular flexibility index (Phi) is 2.52. The number of rotatable bonds is 1.